The van der Waals surface area contributed by atoms with E-state index in [1.165, 1.54) is 0 Å². The van der Waals surface area contributed by atoms with Crippen molar-refractivity contribution in [2.24, 2.45) is 10.7 Å². The molecule has 0 spiro atoms. The van der Waals surface area contributed by atoms with Gasteiger partial charge < -0.3 is 5.73 Å². The van der Waals surface area contributed by atoms with Gasteiger partial charge in [-0.1, -0.05) is 30.3 Å². The maximum Gasteiger partial charge on any atom is 0.0402 e. The average Bonchev–Trinajstić information content (AvgIpc) is 2.15. The Hall–Kier alpha value is -1.57. The van der Waals surface area contributed by atoms with Crippen LogP contribution in [0, 0.1) is 0 Å². The van der Waals surface area contributed by atoms with Gasteiger partial charge in [0.2, 0.25) is 0 Å². The van der Waals surface area contributed by atoms with E-state index in [9.17, 15) is 0 Å². The Balaban J connectivity index is 2.85. The molecule has 0 radical (unpaired) electrons. The van der Waals surface area contributed by atoms with Crippen molar-refractivity contribution >= 4 is 11.9 Å². The van der Waals surface area contributed by atoms with Crippen LogP contribution in [-0.2, 0) is 0 Å². The molecule has 12 heavy (non-hydrogen) atoms. The number of allylic oxidation sites excluding steroid dienone is 1. The maximum atomic E-state index is 5.75. The Labute approximate surface area is 72.4 Å². The monoisotopic (exact) mass is 160 g/mol. The van der Waals surface area contributed by atoms with Gasteiger partial charge in [0, 0.05) is 19.0 Å². The topological polar surface area (TPSA) is 38.4 Å². The summed E-state index contributed by atoms with van der Waals surface area (Å²) in [6.07, 6.45) is 3.47. The highest BCUT2D eigenvalue weighted by Crippen LogP contribution is 2.05. The quantitative estimate of drug-likeness (QED) is 0.657. The number of hydrogen-bond donors (Lipinski definition) is 1. The lowest BCUT2D eigenvalue weighted by Gasteiger charge is -1.97. The highest BCUT2D eigenvalue weighted by Gasteiger charge is 1.90. The standard InChI is InChI=1S/C10H12N2/c1-12-8-7-10(11)9-5-3-2-4-6-9/h2-8H,11H2,1H3. The van der Waals surface area contributed by atoms with Crippen molar-refractivity contribution in [1.29, 1.82) is 0 Å². The molecule has 1 aromatic rings. The molecule has 0 amide bonds. The van der Waals surface area contributed by atoms with Crippen LogP contribution in [0.25, 0.3) is 5.70 Å². The van der Waals surface area contributed by atoms with Crippen molar-refractivity contribution in [3.63, 3.8) is 0 Å². The second-order valence-electron chi connectivity index (χ2n) is 2.40. The van der Waals surface area contributed by atoms with Crippen molar-refractivity contribution in [2.45, 2.75) is 0 Å². The summed E-state index contributed by atoms with van der Waals surface area (Å²) in [6, 6.07) is 9.81. The lowest BCUT2D eigenvalue weighted by molar-refractivity contribution is 1.47. The molecule has 0 saturated carbocycles. The van der Waals surface area contributed by atoms with E-state index in [1.807, 2.05) is 30.3 Å². The van der Waals surface area contributed by atoms with E-state index >= 15 is 0 Å². The van der Waals surface area contributed by atoms with Crippen molar-refractivity contribution in [1.82, 2.24) is 0 Å². The van der Waals surface area contributed by atoms with Crippen LogP contribution < -0.4 is 5.73 Å². The summed E-state index contributed by atoms with van der Waals surface area (Å²) in [6.45, 7) is 0. The molecule has 0 aliphatic rings. The van der Waals surface area contributed by atoms with Gasteiger partial charge in [0.05, 0.1) is 0 Å². The van der Waals surface area contributed by atoms with Gasteiger partial charge in [-0.05, 0) is 11.6 Å². The number of hydrogen-bond acceptors (Lipinski definition) is 2. The molecular weight excluding hydrogens is 148 g/mol. The van der Waals surface area contributed by atoms with Gasteiger partial charge in [0.25, 0.3) is 0 Å². The number of nitrogens with zero attached hydrogens (tertiary/aromatic N) is 1. The molecule has 2 heteroatoms. The van der Waals surface area contributed by atoms with Gasteiger partial charge in [-0.25, -0.2) is 0 Å². The fourth-order valence-corrected chi connectivity index (χ4v) is 0.882. The second-order valence-corrected chi connectivity index (χ2v) is 2.40. The van der Waals surface area contributed by atoms with E-state index in [0.29, 0.717) is 0 Å². The Kier molecular flexibility index (Phi) is 3.08. The zero-order valence-electron chi connectivity index (χ0n) is 7.07. The Bertz CT molecular complexity index is 286. The number of aliphatic imine (C=N–C) groups is 1. The third-order valence-corrected chi connectivity index (χ3v) is 1.51. The van der Waals surface area contributed by atoms with Crippen LogP contribution in [0.15, 0.2) is 41.4 Å². The average molecular weight is 160 g/mol. The first-order chi connectivity index (χ1) is 5.84. The van der Waals surface area contributed by atoms with E-state index in [-0.39, 0.29) is 0 Å². The van der Waals surface area contributed by atoms with E-state index in [1.54, 1.807) is 19.3 Å². The minimum Gasteiger partial charge on any atom is -0.398 e. The normalized spacial score (nSPS) is 12.2. The summed E-state index contributed by atoms with van der Waals surface area (Å²) in [5.41, 5.74) is 7.51. The van der Waals surface area contributed by atoms with Crippen LogP contribution >= 0.6 is 0 Å². The van der Waals surface area contributed by atoms with Crippen molar-refractivity contribution in [3.05, 3.63) is 42.0 Å². The highest BCUT2D eigenvalue weighted by molar-refractivity contribution is 5.83. The first-order valence-electron chi connectivity index (χ1n) is 3.78. The molecule has 2 nitrogen and oxygen atoms in total. The SMILES string of the molecule is CN=CC=C(N)c1ccccc1. The first kappa shape index (κ1) is 8.53. The second kappa shape index (κ2) is 4.34. The van der Waals surface area contributed by atoms with Gasteiger partial charge in [0.15, 0.2) is 0 Å². The van der Waals surface area contributed by atoms with E-state index in [2.05, 4.69) is 4.99 Å². The third kappa shape index (κ3) is 2.23. The lowest BCUT2D eigenvalue weighted by atomic mass is 10.1. The van der Waals surface area contributed by atoms with Gasteiger partial charge in [-0.3, -0.25) is 4.99 Å². The molecule has 0 unspecified atom stereocenters. The Morgan fingerprint density at radius 2 is 2.00 bits per heavy atom. The molecule has 1 rings (SSSR count). The first-order valence-corrected chi connectivity index (χ1v) is 3.78. The predicted octanol–water partition coefficient (Wildman–Crippen LogP) is 1.69. The number of nitrogens with two attached hydrogens (primary N) is 1. The molecule has 0 heterocycles. The van der Waals surface area contributed by atoms with Crippen LogP contribution in [0.2, 0.25) is 0 Å². The van der Waals surface area contributed by atoms with Gasteiger partial charge in [-0.15, -0.1) is 0 Å². The molecule has 0 bridgehead atoms. The summed E-state index contributed by atoms with van der Waals surface area (Å²) in [5.74, 6) is 0. The third-order valence-electron chi connectivity index (χ3n) is 1.51. The predicted molar refractivity (Wildman–Crippen MR) is 53.0 cm³/mol. The summed E-state index contributed by atoms with van der Waals surface area (Å²) in [4.78, 5) is 3.82. The zero-order valence-corrected chi connectivity index (χ0v) is 7.07. The van der Waals surface area contributed by atoms with Crippen LogP contribution in [0.1, 0.15) is 5.56 Å². The maximum absolute atomic E-state index is 5.75. The van der Waals surface area contributed by atoms with Crippen molar-refractivity contribution in [3.8, 4) is 0 Å². The Morgan fingerprint density at radius 1 is 1.33 bits per heavy atom. The molecule has 0 aliphatic heterocycles. The van der Waals surface area contributed by atoms with E-state index in [4.69, 9.17) is 5.73 Å². The van der Waals surface area contributed by atoms with Crippen LogP contribution in [0.5, 0.6) is 0 Å². The molecule has 0 fully saturated rings. The molecule has 62 valence electrons. The minimum atomic E-state index is 0.737. The molecular formula is C10H12N2. The summed E-state index contributed by atoms with van der Waals surface area (Å²) < 4.78 is 0. The summed E-state index contributed by atoms with van der Waals surface area (Å²) in [5, 5.41) is 0. The number of rotatable bonds is 2. The van der Waals surface area contributed by atoms with Crippen LogP contribution in [0.3, 0.4) is 0 Å². The van der Waals surface area contributed by atoms with E-state index in [0.717, 1.165) is 11.3 Å². The summed E-state index contributed by atoms with van der Waals surface area (Å²) in [7, 11) is 1.72. The highest BCUT2D eigenvalue weighted by atomic mass is 14.6. The number of benzene rings is 1. The summed E-state index contributed by atoms with van der Waals surface area (Å²) >= 11 is 0. The molecule has 0 atom stereocenters. The molecule has 2 N–H and O–H groups in total. The minimum absolute atomic E-state index is 0.737. The van der Waals surface area contributed by atoms with Crippen molar-refractivity contribution in [2.75, 3.05) is 7.05 Å². The molecule has 0 aliphatic carbocycles. The van der Waals surface area contributed by atoms with Gasteiger partial charge >= 0.3 is 0 Å². The fourth-order valence-electron chi connectivity index (χ4n) is 0.882. The Morgan fingerprint density at radius 3 is 2.58 bits per heavy atom. The smallest absolute Gasteiger partial charge is 0.0402 e. The zero-order chi connectivity index (χ0) is 8.81. The van der Waals surface area contributed by atoms with Crippen molar-refractivity contribution < 1.29 is 0 Å². The molecule has 1 aromatic carbocycles. The van der Waals surface area contributed by atoms with E-state index < -0.39 is 0 Å². The largest absolute Gasteiger partial charge is 0.398 e. The lowest BCUT2D eigenvalue weighted by Crippen LogP contribution is -1.95. The van der Waals surface area contributed by atoms with Gasteiger partial charge in [-0.2, -0.15) is 0 Å². The molecule has 0 saturated heterocycles. The molecule has 0 aromatic heterocycles. The van der Waals surface area contributed by atoms with Crippen LogP contribution in [-0.4, -0.2) is 13.3 Å². The van der Waals surface area contributed by atoms with Crippen LogP contribution in [0.4, 0.5) is 0 Å². The van der Waals surface area contributed by atoms with Gasteiger partial charge in [0.1, 0.15) is 0 Å². The fraction of sp³-hybridized carbons (Fsp3) is 0.100.